The van der Waals surface area contributed by atoms with E-state index >= 15 is 0 Å². The van der Waals surface area contributed by atoms with Gasteiger partial charge in [-0.2, -0.15) is 0 Å². The second-order valence-corrected chi connectivity index (χ2v) is 4.54. The highest BCUT2D eigenvalue weighted by atomic mass is 16.5. The van der Waals surface area contributed by atoms with Crippen LogP contribution in [0.4, 0.5) is 0 Å². The highest BCUT2D eigenvalue weighted by Crippen LogP contribution is 2.26. The minimum Gasteiger partial charge on any atom is -0.494 e. The van der Waals surface area contributed by atoms with Crippen molar-refractivity contribution in [2.24, 2.45) is 17.4 Å². The molecule has 3 heteroatoms. The number of aryl methyl sites for hydroxylation is 1. The first-order valence-corrected chi connectivity index (χ1v) is 6.29. The van der Waals surface area contributed by atoms with Gasteiger partial charge < -0.3 is 16.2 Å². The Morgan fingerprint density at radius 3 is 2.59 bits per heavy atom. The summed E-state index contributed by atoms with van der Waals surface area (Å²) < 4.78 is 5.52. The van der Waals surface area contributed by atoms with E-state index in [1.807, 2.05) is 13.0 Å². The molecule has 0 saturated heterocycles. The fourth-order valence-electron chi connectivity index (χ4n) is 1.97. The van der Waals surface area contributed by atoms with E-state index in [4.69, 9.17) is 16.2 Å². The Balaban J connectivity index is 2.81. The lowest BCUT2D eigenvalue weighted by molar-refractivity contribution is 0.337. The number of rotatable bonds is 6. The minimum atomic E-state index is 0.0490. The molecule has 0 aliphatic rings. The van der Waals surface area contributed by atoms with Gasteiger partial charge in [0.25, 0.3) is 0 Å². The number of benzene rings is 1. The quantitative estimate of drug-likeness (QED) is 0.797. The molecule has 0 radical (unpaired) electrons. The molecule has 1 aromatic carbocycles. The fraction of sp³-hybridized carbons (Fsp3) is 0.571. The standard InChI is InChI=1S/C14H24N2O/c1-4-17-13-6-5-12(9-11(13)3)14(16)10(2)7-8-15/h5-6,9-10,14H,4,7-8,15-16H2,1-3H3. The van der Waals surface area contributed by atoms with Crippen LogP contribution in [0.5, 0.6) is 5.75 Å². The molecule has 2 atom stereocenters. The third kappa shape index (κ3) is 3.72. The van der Waals surface area contributed by atoms with Gasteiger partial charge in [-0.15, -0.1) is 0 Å². The first-order valence-electron chi connectivity index (χ1n) is 6.29. The van der Waals surface area contributed by atoms with E-state index in [0.717, 1.165) is 23.3 Å². The van der Waals surface area contributed by atoms with Crippen LogP contribution in [0.3, 0.4) is 0 Å². The fourth-order valence-corrected chi connectivity index (χ4v) is 1.97. The van der Waals surface area contributed by atoms with Crippen LogP contribution in [0.1, 0.15) is 37.4 Å². The van der Waals surface area contributed by atoms with Crippen molar-refractivity contribution in [3.63, 3.8) is 0 Å². The second-order valence-electron chi connectivity index (χ2n) is 4.54. The highest BCUT2D eigenvalue weighted by molar-refractivity contribution is 5.37. The lowest BCUT2D eigenvalue weighted by Gasteiger charge is -2.20. The number of ether oxygens (including phenoxy) is 1. The molecule has 0 amide bonds. The normalized spacial score (nSPS) is 14.4. The molecular weight excluding hydrogens is 212 g/mol. The molecule has 1 aromatic rings. The molecule has 0 bridgehead atoms. The molecule has 0 aliphatic carbocycles. The zero-order chi connectivity index (χ0) is 12.8. The van der Waals surface area contributed by atoms with E-state index < -0.39 is 0 Å². The summed E-state index contributed by atoms with van der Waals surface area (Å²) in [6.45, 7) is 7.56. The Bertz CT molecular complexity index is 352. The molecular formula is C14H24N2O. The number of hydrogen-bond donors (Lipinski definition) is 2. The van der Waals surface area contributed by atoms with Crippen molar-refractivity contribution in [3.05, 3.63) is 29.3 Å². The monoisotopic (exact) mass is 236 g/mol. The van der Waals surface area contributed by atoms with Gasteiger partial charge in [0.15, 0.2) is 0 Å². The summed E-state index contributed by atoms with van der Waals surface area (Å²) in [6, 6.07) is 6.22. The van der Waals surface area contributed by atoms with Crippen LogP contribution < -0.4 is 16.2 Å². The molecule has 0 saturated carbocycles. The Morgan fingerprint density at radius 1 is 1.35 bits per heavy atom. The molecule has 0 heterocycles. The minimum absolute atomic E-state index is 0.0490. The molecule has 3 nitrogen and oxygen atoms in total. The Morgan fingerprint density at radius 2 is 2.06 bits per heavy atom. The van der Waals surface area contributed by atoms with Crippen molar-refractivity contribution < 1.29 is 4.74 Å². The summed E-state index contributed by atoms with van der Waals surface area (Å²) in [5.74, 6) is 1.34. The predicted octanol–water partition coefficient (Wildman–Crippen LogP) is 2.38. The van der Waals surface area contributed by atoms with Crippen LogP contribution in [0, 0.1) is 12.8 Å². The van der Waals surface area contributed by atoms with E-state index in [1.54, 1.807) is 0 Å². The smallest absolute Gasteiger partial charge is 0.122 e. The zero-order valence-electron chi connectivity index (χ0n) is 11.1. The lowest BCUT2D eigenvalue weighted by Crippen LogP contribution is -2.21. The van der Waals surface area contributed by atoms with Gasteiger partial charge in [0, 0.05) is 6.04 Å². The first-order chi connectivity index (χ1) is 8.10. The van der Waals surface area contributed by atoms with Gasteiger partial charge in [-0.3, -0.25) is 0 Å². The SMILES string of the molecule is CCOc1ccc(C(N)C(C)CCN)cc1C. The first kappa shape index (κ1) is 14.0. The topological polar surface area (TPSA) is 61.3 Å². The maximum atomic E-state index is 6.22. The number of hydrogen-bond acceptors (Lipinski definition) is 3. The Kier molecular flexibility index (Phi) is 5.45. The lowest BCUT2D eigenvalue weighted by atomic mass is 9.92. The van der Waals surface area contributed by atoms with E-state index in [-0.39, 0.29) is 6.04 Å². The van der Waals surface area contributed by atoms with Crippen molar-refractivity contribution in [1.29, 1.82) is 0 Å². The maximum absolute atomic E-state index is 6.22. The third-order valence-electron chi connectivity index (χ3n) is 3.12. The van der Waals surface area contributed by atoms with Gasteiger partial charge in [-0.05, 0) is 49.9 Å². The largest absolute Gasteiger partial charge is 0.494 e. The van der Waals surface area contributed by atoms with Gasteiger partial charge >= 0.3 is 0 Å². The zero-order valence-corrected chi connectivity index (χ0v) is 11.1. The summed E-state index contributed by atoms with van der Waals surface area (Å²) in [7, 11) is 0. The molecule has 0 spiro atoms. The van der Waals surface area contributed by atoms with Gasteiger partial charge in [0.05, 0.1) is 6.61 Å². The third-order valence-corrected chi connectivity index (χ3v) is 3.12. The summed E-state index contributed by atoms with van der Waals surface area (Å²) in [5.41, 5.74) is 14.1. The van der Waals surface area contributed by atoms with Crippen LogP contribution in [-0.2, 0) is 0 Å². The molecule has 0 aliphatic heterocycles. The average molecular weight is 236 g/mol. The summed E-state index contributed by atoms with van der Waals surface area (Å²) in [6.07, 6.45) is 0.952. The predicted molar refractivity (Wildman–Crippen MR) is 72.1 cm³/mol. The van der Waals surface area contributed by atoms with Gasteiger partial charge in [-0.1, -0.05) is 19.1 Å². The van der Waals surface area contributed by atoms with Gasteiger partial charge in [0.1, 0.15) is 5.75 Å². The Hall–Kier alpha value is -1.06. The summed E-state index contributed by atoms with van der Waals surface area (Å²) in [4.78, 5) is 0. The molecule has 17 heavy (non-hydrogen) atoms. The second kappa shape index (κ2) is 6.62. The molecule has 2 unspecified atom stereocenters. The van der Waals surface area contributed by atoms with Crippen molar-refractivity contribution in [3.8, 4) is 5.75 Å². The van der Waals surface area contributed by atoms with Gasteiger partial charge in [-0.25, -0.2) is 0 Å². The van der Waals surface area contributed by atoms with E-state index in [0.29, 0.717) is 19.1 Å². The van der Waals surface area contributed by atoms with Crippen molar-refractivity contribution in [2.75, 3.05) is 13.2 Å². The molecule has 96 valence electrons. The van der Waals surface area contributed by atoms with Gasteiger partial charge in [0.2, 0.25) is 0 Å². The summed E-state index contributed by atoms with van der Waals surface area (Å²) in [5, 5.41) is 0. The van der Waals surface area contributed by atoms with E-state index in [2.05, 4.69) is 26.0 Å². The average Bonchev–Trinajstić information content (AvgIpc) is 2.31. The number of nitrogens with two attached hydrogens (primary N) is 2. The maximum Gasteiger partial charge on any atom is 0.122 e. The van der Waals surface area contributed by atoms with Crippen LogP contribution in [0.25, 0.3) is 0 Å². The molecule has 0 aromatic heterocycles. The van der Waals surface area contributed by atoms with E-state index in [1.165, 1.54) is 0 Å². The highest BCUT2D eigenvalue weighted by Gasteiger charge is 2.15. The molecule has 0 fully saturated rings. The summed E-state index contributed by atoms with van der Waals surface area (Å²) >= 11 is 0. The van der Waals surface area contributed by atoms with Crippen LogP contribution >= 0.6 is 0 Å². The van der Waals surface area contributed by atoms with Crippen LogP contribution in [0.15, 0.2) is 18.2 Å². The molecule has 4 N–H and O–H groups in total. The van der Waals surface area contributed by atoms with Crippen molar-refractivity contribution >= 4 is 0 Å². The van der Waals surface area contributed by atoms with Crippen LogP contribution in [-0.4, -0.2) is 13.2 Å². The van der Waals surface area contributed by atoms with Crippen LogP contribution in [0.2, 0.25) is 0 Å². The van der Waals surface area contributed by atoms with E-state index in [9.17, 15) is 0 Å². The van der Waals surface area contributed by atoms with Crippen molar-refractivity contribution in [2.45, 2.75) is 33.2 Å². The van der Waals surface area contributed by atoms with Crippen molar-refractivity contribution in [1.82, 2.24) is 0 Å². The molecule has 1 rings (SSSR count). The Labute approximate surface area is 104 Å².